The molecule has 0 aliphatic heterocycles. The summed E-state index contributed by atoms with van der Waals surface area (Å²) >= 11 is 0. The molecule has 5 heteroatoms. The normalized spacial score (nSPS) is 11.5. The molecule has 2 N–H and O–H groups in total. The molecular formula is C23H30N2O3. The van der Waals surface area contributed by atoms with Crippen LogP contribution in [-0.4, -0.2) is 25.0 Å². The average Bonchev–Trinajstić information content (AvgIpc) is 2.72. The van der Waals surface area contributed by atoms with Crippen molar-refractivity contribution in [2.24, 2.45) is 0 Å². The largest absolute Gasteiger partial charge is 0.483 e. The second-order valence-corrected chi connectivity index (χ2v) is 6.84. The van der Waals surface area contributed by atoms with Crippen molar-refractivity contribution in [2.45, 2.75) is 46.0 Å². The molecule has 0 radical (unpaired) electrons. The van der Waals surface area contributed by atoms with Crippen LogP contribution in [0.25, 0.3) is 0 Å². The molecule has 0 heterocycles. The monoisotopic (exact) mass is 382 g/mol. The second-order valence-electron chi connectivity index (χ2n) is 6.84. The molecule has 28 heavy (non-hydrogen) atoms. The molecule has 0 saturated heterocycles. The van der Waals surface area contributed by atoms with Crippen molar-refractivity contribution in [1.29, 1.82) is 0 Å². The summed E-state index contributed by atoms with van der Waals surface area (Å²) in [5.41, 5.74) is 2.03. The molecule has 0 saturated carbocycles. The van der Waals surface area contributed by atoms with E-state index < -0.39 is 0 Å². The van der Waals surface area contributed by atoms with Crippen molar-refractivity contribution in [3.05, 3.63) is 59.7 Å². The molecule has 2 aromatic rings. The predicted molar refractivity (Wildman–Crippen MR) is 113 cm³/mol. The van der Waals surface area contributed by atoms with E-state index in [1.165, 1.54) is 0 Å². The lowest BCUT2D eigenvalue weighted by Crippen LogP contribution is -2.27. The smallest absolute Gasteiger partial charge is 0.262 e. The average molecular weight is 383 g/mol. The minimum absolute atomic E-state index is 0.112. The van der Waals surface area contributed by atoms with Gasteiger partial charge >= 0.3 is 0 Å². The molecule has 2 rings (SSSR count). The lowest BCUT2D eigenvalue weighted by Gasteiger charge is -2.16. The van der Waals surface area contributed by atoms with Gasteiger partial charge in [-0.25, -0.2) is 0 Å². The van der Waals surface area contributed by atoms with E-state index in [9.17, 15) is 9.59 Å². The summed E-state index contributed by atoms with van der Waals surface area (Å²) in [6, 6.07) is 14.8. The van der Waals surface area contributed by atoms with Gasteiger partial charge in [0.1, 0.15) is 5.75 Å². The Morgan fingerprint density at radius 1 is 1.04 bits per heavy atom. The fourth-order valence-electron chi connectivity index (χ4n) is 2.83. The molecule has 1 atom stereocenters. The highest BCUT2D eigenvalue weighted by atomic mass is 16.5. The van der Waals surface area contributed by atoms with E-state index >= 15 is 0 Å². The van der Waals surface area contributed by atoms with Crippen LogP contribution in [-0.2, 0) is 4.79 Å². The summed E-state index contributed by atoms with van der Waals surface area (Å²) in [7, 11) is 0. The van der Waals surface area contributed by atoms with Crippen LogP contribution in [0.2, 0.25) is 0 Å². The van der Waals surface area contributed by atoms with Gasteiger partial charge in [-0.3, -0.25) is 9.59 Å². The van der Waals surface area contributed by atoms with Gasteiger partial charge in [-0.05, 0) is 42.5 Å². The number of ether oxygens (including phenoxy) is 1. The number of rotatable bonds is 10. The minimum atomic E-state index is -0.298. The Hall–Kier alpha value is -2.82. The van der Waals surface area contributed by atoms with Crippen LogP contribution < -0.4 is 15.4 Å². The van der Waals surface area contributed by atoms with Crippen LogP contribution in [0, 0.1) is 0 Å². The van der Waals surface area contributed by atoms with Crippen molar-refractivity contribution >= 4 is 17.5 Å². The summed E-state index contributed by atoms with van der Waals surface area (Å²) in [5.74, 6) is 0.588. The molecule has 2 amide bonds. The first kappa shape index (κ1) is 21.5. The number of carbonyl (C=O) groups excluding carboxylic acids is 2. The van der Waals surface area contributed by atoms with Crippen molar-refractivity contribution in [1.82, 2.24) is 5.32 Å². The SMILES string of the molecule is CCCCNC(=O)c1ccccc1NC(=O)COc1ccccc1C(C)CC. The summed E-state index contributed by atoms with van der Waals surface area (Å²) in [5, 5.41) is 5.67. The van der Waals surface area contributed by atoms with Gasteiger partial charge in [0.2, 0.25) is 0 Å². The predicted octanol–water partition coefficient (Wildman–Crippen LogP) is 4.75. The number of anilines is 1. The molecule has 2 aromatic carbocycles. The van der Waals surface area contributed by atoms with Crippen LogP contribution in [0.3, 0.4) is 0 Å². The first-order chi connectivity index (χ1) is 13.6. The molecule has 0 spiro atoms. The minimum Gasteiger partial charge on any atom is -0.483 e. The van der Waals surface area contributed by atoms with Crippen molar-refractivity contribution in [3.8, 4) is 5.75 Å². The highest BCUT2D eigenvalue weighted by Crippen LogP contribution is 2.28. The number of amides is 2. The molecule has 150 valence electrons. The maximum Gasteiger partial charge on any atom is 0.262 e. The number of hydrogen-bond acceptors (Lipinski definition) is 3. The molecule has 0 aromatic heterocycles. The van der Waals surface area contributed by atoms with Crippen LogP contribution in [0.4, 0.5) is 5.69 Å². The Kier molecular flexibility index (Phi) is 8.53. The van der Waals surface area contributed by atoms with E-state index in [4.69, 9.17) is 4.74 Å². The van der Waals surface area contributed by atoms with Gasteiger partial charge in [0.05, 0.1) is 11.3 Å². The highest BCUT2D eigenvalue weighted by molar-refractivity contribution is 6.04. The Morgan fingerprint density at radius 3 is 2.50 bits per heavy atom. The van der Waals surface area contributed by atoms with Crippen LogP contribution >= 0.6 is 0 Å². The van der Waals surface area contributed by atoms with E-state index in [-0.39, 0.29) is 18.4 Å². The van der Waals surface area contributed by atoms with Crippen molar-refractivity contribution < 1.29 is 14.3 Å². The molecule has 0 aliphatic rings. The fraction of sp³-hybridized carbons (Fsp3) is 0.391. The van der Waals surface area contributed by atoms with Gasteiger partial charge in [0.25, 0.3) is 11.8 Å². The second kappa shape index (κ2) is 11.1. The number of unbranched alkanes of at least 4 members (excludes halogenated alkanes) is 1. The van der Waals surface area contributed by atoms with E-state index in [1.54, 1.807) is 24.3 Å². The van der Waals surface area contributed by atoms with Gasteiger partial charge in [-0.15, -0.1) is 0 Å². The third kappa shape index (κ3) is 6.12. The van der Waals surface area contributed by atoms with Gasteiger partial charge < -0.3 is 15.4 Å². The first-order valence-electron chi connectivity index (χ1n) is 9.95. The van der Waals surface area contributed by atoms with Gasteiger partial charge in [-0.2, -0.15) is 0 Å². The van der Waals surface area contributed by atoms with E-state index in [0.29, 0.717) is 23.7 Å². The fourth-order valence-corrected chi connectivity index (χ4v) is 2.83. The molecule has 5 nitrogen and oxygen atoms in total. The van der Waals surface area contributed by atoms with Gasteiger partial charge in [0, 0.05) is 6.54 Å². The summed E-state index contributed by atoms with van der Waals surface area (Å²) in [4.78, 5) is 24.8. The maximum atomic E-state index is 12.4. The third-order valence-electron chi connectivity index (χ3n) is 4.68. The van der Waals surface area contributed by atoms with E-state index in [0.717, 1.165) is 30.6 Å². The standard InChI is InChI=1S/C23H30N2O3/c1-4-6-15-24-23(27)19-12-7-9-13-20(19)25-22(26)16-28-21-14-10-8-11-18(21)17(3)5-2/h7-14,17H,4-6,15-16H2,1-3H3,(H,24,27)(H,25,26). The third-order valence-corrected chi connectivity index (χ3v) is 4.68. The molecular weight excluding hydrogens is 352 g/mol. The van der Waals surface area contributed by atoms with Crippen molar-refractivity contribution in [2.75, 3.05) is 18.5 Å². The Morgan fingerprint density at radius 2 is 1.75 bits per heavy atom. The zero-order valence-corrected chi connectivity index (χ0v) is 17.0. The Labute approximate surface area is 167 Å². The molecule has 0 aliphatic carbocycles. The van der Waals surface area contributed by atoms with Crippen LogP contribution in [0.1, 0.15) is 61.9 Å². The maximum absolute atomic E-state index is 12.4. The summed E-state index contributed by atoms with van der Waals surface area (Å²) in [6.45, 7) is 6.83. The summed E-state index contributed by atoms with van der Waals surface area (Å²) < 4.78 is 5.76. The molecule has 0 fully saturated rings. The number of carbonyl (C=O) groups is 2. The van der Waals surface area contributed by atoms with E-state index in [1.807, 2.05) is 24.3 Å². The van der Waals surface area contributed by atoms with Crippen molar-refractivity contribution in [3.63, 3.8) is 0 Å². The topological polar surface area (TPSA) is 67.4 Å². The lowest BCUT2D eigenvalue weighted by atomic mass is 9.98. The number of nitrogens with one attached hydrogen (secondary N) is 2. The van der Waals surface area contributed by atoms with E-state index in [2.05, 4.69) is 31.4 Å². The molecule has 0 bridgehead atoms. The van der Waals surface area contributed by atoms with Crippen LogP contribution in [0.15, 0.2) is 48.5 Å². The number of hydrogen-bond donors (Lipinski definition) is 2. The quantitative estimate of drug-likeness (QED) is 0.583. The Bertz CT molecular complexity index is 789. The first-order valence-corrected chi connectivity index (χ1v) is 9.95. The Balaban J connectivity index is 2.00. The highest BCUT2D eigenvalue weighted by Gasteiger charge is 2.14. The van der Waals surface area contributed by atoms with Gasteiger partial charge in [-0.1, -0.05) is 57.5 Å². The number of benzene rings is 2. The van der Waals surface area contributed by atoms with Crippen LogP contribution in [0.5, 0.6) is 5.75 Å². The zero-order valence-electron chi connectivity index (χ0n) is 17.0. The summed E-state index contributed by atoms with van der Waals surface area (Å²) in [6.07, 6.45) is 2.92. The zero-order chi connectivity index (χ0) is 20.4. The number of para-hydroxylation sites is 2. The van der Waals surface area contributed by atoms with Gasteiger partial charge in [0.15, 0.2) is 6.61 Å². The lowest BCUT2D eigenvalue weighted by molar-refractivity contribution is -0.118. The molecule has 1 unspecified atom stereocenters.